The zero-order valence-electron chi connectivity index (χ0n) is 14.0. The van der Waals surface area contributed by atoms with Crippen LogP contribution in [-0.2, 0) is 6.42 Å². The summed E-state index contributed by atoms with van der Waals surface area (Å²) in [6.07, 6.45) is 0.790. The number of hydrogen-bond acceptors (Lipinski definition) is 4. The molecule has 4 nitrogen and oxygen atoms in total. The Balaban J connectivity index is 1.80. The predicted octanol–water partition coefficient (Wildman–Crippen LogP) is 4.97. The zero-order valence-corrected chi connectivity index (χ0v) is 14.9. The molecule has 0 aliphatic carbocycles. The summed E-state index contributed by atoms with van der Waals surface area (Å²) in [4.78, 5) is 22.2. The molecular formula is C20H17N3OS. The van der Waals surface area contributed by atoms with Gasteiger partial charge in [-0.05, 0) is 37.1 Å². The van der Waals surface area contributed by atoms with Gasteiger partial charge < -0.3 is 0 Å². The molecule has 0 radical (unpaired) electrons. The average molecular weight is 347 g/mol. The number of nitrogens with one attached hydrogen (secondary N) is 1. The molecule has 0 spiro atoms. The number of carbonyl (C=O) groups is 1. The second-order valence-electron chi connectivity index (χ2n) is 5.87. The van der Waals surface area contributed by atoms with E-state index < -0.39 is 0 Å². The van der Waals surface area contributed by atoms with E-state index in [9.17, 15) is 4.79 Å². The number of fused-ring (bicyclic) bond motifs is 2. The monoisotopic (exact) mass is 347 g/mol. The van der Waals surface area contributed by atoms with Gasteiger partial charge in [0.1, 0.15) is 0 Å². The van der Waals surface area contributed by atoms with Gasteiger partial charge in [0.2, 0.25) is 0 Å². The van der Waals surface area contributed by atoms with Gasteiger partial charge in [-0.1, -0.05) is 48.6 Å². The van der Waals surface area contributed by atoms with E-state index >= 15 is 0 Å². The number of para-hydroxylation sites is 2. The van der Waals surface area contributed by atoms with Crippen molar-refractivity contribution >= 4 is 43.5 Å². The van der Waals surface area contributed by atoms with Gasteiger partial charge in [-0.25, -0.2) is 4.98 Å². The Morgan fingerprint density at radius 3 is 2.52 bits per heavy atom. The summed E-state index contributed by atoms with van der Waals surface area (Å²) >= 11 is 1.48. The number of anilines is 1. The summed E-state index contributed by atoms with van der Waals surface area (Å²) in [6.45, 7) is 4.02. The first-order valence-electron chi connectivity index (χ1n) is 8.22. The van der Waals surface area contributed by atoms with E-state index in [2.05, 4.69) is 22.2 Å². The molecule has 0 aliphatic rings. The molecule has 2 aromatic heterocycles. The third kappa shape index (κ3) is 2.76. The second kappa shape index (κ2) is 6.26. The van der Waals surface area contributed by atoms with Gasteiger partial charge in [0.15, 0.2) is 5.13 Å². The molecule has 2 aromatic carbocycles. The lowest BCUT2D eigenvalue weighted by Crippen LogP contribution is -2.15. The van der Waals surface area contributed by atoms with Crippen LogP contribution in [0, 0.1) is 6.92 Å². The highest BCUT2D eigenvalue weighted by molar-refractivity contribution is 7.22. The van der Waals surface area contributed by atoms with Crippen molar-refractivity contribution < 1.29 is 4.79 Å². The third-order valence-electron chi connectivity index (χ3n) is 4.31. The Labute approximate surface area is 149 Å². The molecule has 1 N–H and O–H groups in total. The Bertz CT molecular complexity index is 1070. The molecule has 0 unspecified atom stereocenters. The summed E-state index contributed by atoms with van der Waals surface area (Å²) < 4.78 is 1.06. The van der Waals surface area contributed by atoms with E-state index in [0.29, 0.717) is 10.7 Å². The Kier molecular flexibility index (Phi) is 3.93. The smallest absolute Gasteiger partial charge is 0.258 e. The molecule has 1 amide bonds. The molecule has 0 bridgehead atoms. The molecule has 0 saturated heterocycles. The molecule has 5 heteroatoms. The summed E-state index contributed by atoms with van der Waals surface area (Å²) in [6, 6.07) is 15.6. The Morgan fingerprint density at radius 2 is 1.76 bits per heavy atom. The summed E-state index contributed by atoms with van der Waals surface area (Å²) in [5, 5.41) is 4.46. The van der Waals surface area contributed by atoms with E-state index in [1.807, 2.05) is 55.5 Å². The van der Waals surface area contributed by atoms with Crippen LogP contribution in [0.1, 0.15) is 28.5 Å². The maximum absolute atomic E-state index is 13.0. The fourth-order valence-electron chi connectivity index (χ4n) is 3.08. The van der Waals surface area contributed by atoms with E-state index in [1.165, 1.54) is 11.3 Å². The van der Waals surface area contributed by atoms with Gasteiger partial charge in [-0.2, -0.15) is 0 Å². The number of aryl methyl sites for hydroxylation is 1. The average Bonchev–Trinajstić information content (AvgIpc) is 3.03. The van der Waals surface area contributed by atoms with Crippen molar-refractivity contribution in [1.29, 1.82) is 0 Å². The third-order valence-corrected chi connectivity index (χ3v) is 5.26. The van der Waals surface area contributed by atoms with Crippen molar-refractivity contribution in [2.75, 3.05) is 5.32 Å². The molecule has 0 aliphatic heterocycles. The predicted molar refractivity (Wildman–Crippen MR) is 103 cm³/mol. The topological polar surface area (TPSA) is 54.9 Å². The fraction of sp³-hybridized carbons (Fsp3) is 0.150. The number of rotatable bonds is 3. The van der Waals surface area contributed by atoms with Gasteiger partial charge in [0.25, 0.3) is 5.91 Å². The first-order chi connectivity index (χ1) is 12.2. The van der Waals surface area contributed by atoms with Gasteiger partial charge in [0.05, 0.1) is 21.3 Å². The van der Waals surface area contributed by atoms with E-state index in [4.69, 9.17) is 0 Å². The maximum atomic E-state index is 13.0. The van der Waals surface area contributed by atoms with Crippen LogP contribution in [-0.4, -0.2) is 15.9 Å². The van der Waals surface area contributed by atoms with Gasteiger partial charge >= 0.3 is 0 Å². The van der Waals surface area contributed by atoms with Crippen molar-refractivity contribution in [2.24, 2.45) is 0 Å². The highest BCUT2D eigenvalue weighted by atomic mass is 32.1. The number of benzene rings is 2. The summed E-state index contributed by atoms with van der Waals surface area (Å²) in [7, 11) is 0. The Morgan fingerprint density at radius 1 is 1.04 bits per heavy atom. The van der Waals surface area contributed by atoms with Crippen LogP contribution in [0.2, 0.25) is 0 Å². The van der Waals surface area contributed by atoms with Crippen molar-refractivity contribution in [3.63, 3.8) is 0 Å². The normalized spacial score (nSPS) is 11.1. The largest absolute Gasteiger partial charge is 0.298 e. The van der Waals surface area contributed by atoms with Crippen LogP contribution in [0.25, 0.3) is 21.1 Å². The van der Waals surface area contributed by atoms with E-state index in [1.54, 1.807) is 0 Å². The van der Waals surface area contributed by atoms with Crippen LogP contribution < -0.4 is 5.32 Å². The lowest BCUT2D eigenvalue weighted by molar-refractivity contribution is 0.102. The van der Waals surface area contributed by atoms with Gasteiger partial charge in [-0.3, -0.25) is 15.1 Å². The SMILES string of the molecule is CCc1nc2ccccc2c(C(=O)Nc2nc3ccccc3s2)c1C. The standard InChI is InChI=1S/C20H17N3OS/c1-3-14-12(2)18(13-8-4-5-9-15(13)21-14)19(24)23-20-22-16-10-6-7-11-17(16)25-20/h4-11H,3H2,1-2H3,(H,22,23,24). The van der Waals surface area contributed by atoms with Crippen LogP contribution >= 0.6 is 11.3 Å². The van der Waals surface area contributed by atoms with E-state index in [-0.39, 0.29) is 5.91 Å². The molecule has 0 fully saturated rings. The highest BCUT2D eigenvalue weighted by Crippen LogP contribution is 2.28. The quantitative estimate of drug-likeness (QED) is 0.569. The number of thiazole rings is 1. The number of hydrogen-bond donors (Lipinski definition) is 1. The van der Waals surface area contributed by atoms with Crippen molar-refractivity contribution in [2.45, 2.75) is 20.3 Å². The lowest BCUT2D eigenvalue weighted by atomic mass is 9.99. The van der Waals surface area contributed by atoms with Crippen LogP contribution in [0.3, 0.4) is 0 Å². The number of aromatic nitrogens is 2. The molecule has 25 heavy (non-hydrogen) atoms. The number of nitrogens with zero attached hydrogens (tertiary/aromatic N) is 2. The molecular weight excluding hydrogens is 330 g/mol. The number of carbonyl (C=O) groups excluding carboxylic acids is 1. The first kappa shape index (κ1) is 15.7. The molecule has 4 aromatic rings. The molecule has 0 saturated carbocycles. The molecule has 0 atom stereocenters. The number of pyridine rings is 1. The first-order valence-corrected chi connectivity index (χ1v) is 9.04. The minimum Gasteiger partial charge on any atom is -0.298 e. The van der Waals surface area contributed by atoms with E-state index in [0.717, 1.165) is 38.8 Å². The van der Waals surface area contributed by atoms with Crippen LogP contribution in [0.15, 0.2) is 48.5 Å². The lowest BCUT2D eigenvalue weighted by Gasteiger charge is -2.12. The van der Waals surface area contributed by atoms with Crippen LogP contribution in [0.4, 0.5) is 5.13 Å². The second-order valence-corrected chi connectivity index (χ2v) is 6.90. The number of amides is 1. The van der Waals surface area contributed by atoms with Crippen molar-refractivity contribution in [3.8, 4) is 0 Å². The van der Waals surface area contributed by atoms with Gasteiger partial charge in [0, 0.05) is 11.1 Å². The minimum absolute atomic E-state index is 0.134. The highest BCUT2D eigenvalue weighted by Gasteiger charge is 2.18. The van der Waals surface area contributed by atoms with Crippen LogP contribution in [0.5, 0.6) is 0 Å². The summed E-state index contributed by atoms with van der Waals surface area (Å²) in [5.74, 6) is -0.134. The minimum atomic E-state index is -0.134. The maximum Gasteiger partial charge on any atom is 0.258 e. The molecule has 124 valence electrons. The Hall–Kier alpha value is -2.79. The molecule has 4 rings (SSSR count). The fourth-order valence-corrected chi connectivity index (χ4v) is 3.94. The van der Waals surface area contributed by atoms with Gasteiger partial charge in [-0.15, -0.1) is 0 Å². The molecule has 2 heterocycles. The zero-order chi connectivity index (χ0) is 17.4. The van der Waals surface area contributed by atoms with Crippen molar-refractivity contribution in [1.82, 2.24) is 9.97 Å². The van der Waals surface area contributed by atoms with Crippen molar-refractivity contribution in [3.05, 3.63) is 65.4 Å². The summed E-state index contributed by atoms with van der Waals surface area (Å²) in [5.41, 5.74) is 4.31.